The minimum atomic E-state index is -0.323. The molecule has 2 aromatic heterocycles. The van der Waals surface area contributed by atoms with E-state index in [4.69, 9.17) is 4.98 Å². The van der Waals surface area contributed by atoms with Crippen molar-refractivity contribution in [2.24, 2.45) is 0 Å². The maximum atomic E-state index is 13.0. The lowest BCUT2D eigenvalue weighted by molar-refractivity contribution is -0.115. The van der Waals surface area contributed by atoms with Crippen LogP contribution < -0.4 is 5.32 Å². The highest BCUT2D eigenvalue weighted by Crippen LogP contribution is 2.27. The Hall–Kier alpha value is -3.32. The maximum absolute atomic E-state index is 13.0. The van der Waals surface area contributed by atoms with Crippen LogP contribution >= 0.6 is 11.3 Å². The molecule has 0 spiro atoms. The van der Waals surface area contributed by atoms with E-state index >= 15 is 0 Å². The van der Waals surface area contributed by atoms with Gasteiger partial charge in [0.15, 0.2) is 5.13 Å². The van der Waals surface area contributed by atoms with Crippen LogP contribution in [0.4, 0.5) is 10.2 Å². The molecule has 1 N–H and O–H groups in total. The minimum absolute atomic E-state index is 0.150. The molecule has 2 aromatic carbocycles. The van der Waals surface area contributed by atoms with Gasteiger partial charge in [0.05, 0.1) is 18.3 Å². The molecule has 7 heteroatoms. The molecule has 0 fully saturated rings. The average molecular weight is 406 g/mol. The summed E-state index contributed by atoms with van der Waals surface area (Å²) < 4.78 is 14.9. The highest BCUT2D eigenvalue weighted by molar-refractivity contribution is 7.12. The first kappa shape index (κ1) is 19.0. The first-order chi connectivity index (χ1) is 14.0. The third kappa shape index (κ3) is 4.25. The number of hydrogen-bond acceptors (Lipinski definition) is 4. The number of hydrogen-bond donors (Lipinski definition) is 1. The summed E-state index contributed by atoms with van der Waals surface area (Å²) in [4.78, 5) is 21.5. The van der Waals surface area contributed by atoms with E-state index in [0.29, 0.717) is 5.82 Å². The van der Waals surface area contributed by atoms with E-state index in [1.165, 1.54) is 29.0 Å². The van der Waals surface area contributed by atoms with E-state index in [9.17, 15) is 9.18 Å². The molecule has 0 saturated heterocycles. The zero-order chi connectivity index (χ0) is 20.4. The number of rotatable bonds is 5. The number of halogens is 1. The second-order valence-corrected chi connectivity index (χ2v) is 7.60. The number of carbonyl (C=O) groups is 1. The van der Waals surface area contributed by atoms with Gasteiger partial charge in [-0.05, 0) is 31.5 Å². The molecule has 4 rings (SSSR count). The Morgan fingerprint density at radius 3 is 2.55 bits per heavy atom. The van der Waals surface area contributed by atoms with Crippen molar-refractivity contribution in [3.05, 3.63) is 82.9 Å². The molecule has 146 valence electrons. The lowest BCUT2D eigenvalue weighted by Gasteiger charge is -2.09. The van der Waals surface area contributed by atoms with Crippen molar-refractivity contribution in [2.75, 3.05) is 5.32 Å². The summed E-state index contributed by atoms with van der Waals surface area (Å²) >= 11 is 1.49. The van der Waals surface area contributed by atoms with Gasteiger partial charge in [-0.25, -0.2) is 14.4 Å². The Labute approximate surface area is 171 Å². The van der Waals surface area contributed by atoms with Crippen molar-refractivity contribution in [3.63, 3.8) is 0 Å². The number of amides is 1. The maximum Gasteiger partial charge on any atom is 0.229 e. The summed E-state index contributed by atoms with van der Waals surface area (Å²) in [7, 11) is 0. The largest absolute Gasteiger partial charge is 0.310 e. The second-order valence-electron chi connectivity index (χ2n) is 6.76. The zero-order valence-corrected chi connectivity index (χ0v) is 16.8. The van der Waals surface area contributed by atoms with Crippen molar-refractivity contribution in [3.8, 4) is 16.4 Å². The molecule has 4 aromatic rings. The molecular formula is C22H19FN4OS. The lowest BCUT2D eigenvalue weighted by Crippen LogP contribution is -2.17. The third-order valence-electron chi connectivity index (χ3n) is 4.51. The van der Waals surface area contributed by atoms with Crippen molar-refractivity contribution in [1.82, 2.24) is 14.5 Å². The van der Waals surface area contributed by atoms with Crippen LogP contribution in [0.1, 0.15) is 17.0 Å². The highest BCUT2D eigenvalue weighted by atomic mass is 32.1. The van der Waals surface area contributed by atoms with Gasteiger partial charge in [-0.1, -0.05) is 42.0 Å². The second kappa shape index (κ2) is 7.97. The molecule has 0 unspecified atom stereocenters. The predicted molar refractivity (Wildman–Crippen MR) is 113 cm³/mol. The average Bonchev–Trinajstić information content (AvgIpc) is 3.31. The molecule has 0 aliphatic carbocycles. The number of carbonyl (C=O) groups excluding carboxylic acids is 1. The van der Waals surface area contributed by atoms with Crippen molar-refractivity contribution in [1.29, 1.82) is 0 Å². The Bertz CT molecular complexity index is 1150. The lowest BCUT2D eigenvalue weighted by atomic mass is 10.1. The Kier molecular flexibility index (Phi) is 5.22. The quantitative estimate of drug-likeness (QED) is 0.511. The fourth-order valence-corrected chi connectivity index (χ4v) is 3.87. The van der Waals surface area contributed by atoms with Gasteiger partial charge in [0.2, 0.25) is 5.91 Å². The van der Waals surface area contributed by atoms with Crippen LogP contribution in [0.25, 0.3) is 16.4 Å². The Morgan fingerprint density at radius 2 is 1.83 bits per heavy atom. The summed E-state index contributed by atoms with van der Waals surface area (Å²) in [5, 5.41) is 5.60. The van der Waals surface area contributed by atoms with Crippen LogP contribution in [-0.4, -0.2) is 20.4 Å². The smallest absolute Gasteiger partial charge is 0.229 e. The van der Waals surface area contributed by atoms with E-state index < -0.39 is 0 Å². The van der Waals surface area contributed by atoms with Crippen molar-refractivity contribution in [2.45, 2.75) is 20.3 Å². The number of thiazole rings is 1. The molecule has 0 atom stereocenters. The Balaban J connectivity index is 1.55. The normalized spacial score (nSPS) is 10.9. The zero-order valence-electron chi connectivity index (χ0n) is 16.0. The molecule has 0 saturated carbocycles. The molecule has 2 heterocycles. The van der Waals surface area contributed by atoms with Crippen LogP contribution in [0.15, 0.2) is 60.1 Å². The number of anilines is 1. The van der Waals surface area contributed by atoms with Crippen LogP contribution in [-0.2, 0) is 11.2 Å². The summed E-state index contributed by atoms with van der Waals surface area (Å²) in [6.45, 7) is 3.91. The molecular weight excluding hydrogens is 387 g/mol. The molecule has 5 nitrogen and oxygen atoms in total. The van der Waals surface area contributed by atoms with E-state index in [1.54, 1.807) is 18.3 Å². The molecule has 0 bridgehead atoms. The van der Waals surface area contributed by atoms with E-state index in [2.05, 4.69) is 22.4 Å². The third-order valence-corrected chi connectivity index (χ3v) is 5.34. The molecule has 29 heavy (non-hydrogen) atoms. The Morgan fingerprint density at radius 1 is 1.10 bits per heavy atom. The van der Waals surface area contributed by atoms with Crippen LogP contribution in [0.3, 0.4) is 0 Å². The van der Waals surface area contributed by atoms with Gasteiger partial charge in [-0.3, -0.25) is 9.36 Å². The van der Waals surface area contributed by atoms with Crippen LogP contribution in [0, 0.1) is 19.7 Å². The van der Waals surface area contributed by atoms with Gasteiger partial charge < -0.3 is 5.32 Å². The first-order valence-corrected chi connectivity index (χ1v) is 9.99. The first-order valence-electron chi connectivity index (χ1n) is 9.11. The number of benzene rings is 2. The minimum Gasteiger partial charge on any atom is -0.310 e. The number of nitrogens with zero attached hydrogens (tertiary/aromatic N) is 3. The number of nitrogens with one attached hydrogen (secondary N) is 1. The van der Waals surface area contributed by atoms with Gasteiger partial charge in [-0.2, -0.15) is 0 Å². The highest BCUT2D eigenvalue weighted by Gasteiger charge is 2.15. The van der Waals surface area contributed by atoms with Gasteiger partial charge >= 0.3 is 0 Å². The summed E-state index contributed by atoms with van der Waals surface area (Å²) in [6.07, 6.45) is 1.77. The summed E-state index contributed by atoms with van der Waals surface area (Å²) in [5.41, 5.74) is 3.85. The predicted octanol–water partition coefficient (Wildman–Crippen LogP) is 4.93. The van der Waals surface area contributed by atoms with E-state index in [1.807, 2.05) is 35.9 Å². The van der Waals surface area contributed by atoms with Gasteiger partial charge in [0.25, 0.3) is 0 Å². The topological polar surface area (TPSA) is 59.8 Å². The number of aromatic nitrogens is 3. The SMILES string of the molecule is Cc1ccc(-c2csc(-n3c(NC(=O)Cc4ccc(F)cc4)cnc3C)n2)cc1. The molecule has 0 aliphatic rings. The summed E-state index contributed by atoms with van der Waals surface area (Å²) in [5.74, 6) is 0.760. The molecule has 1 amide bonds. The molecule has 0 radical (unpaired) electrons. The van der Waals surface area contributed by atoms with Crippen molar-refractivity contribution >= 4 is 23.1 Å². The van der Waals surface area contributed by atoms with Gasteiger partial charge in [0.1, 0.15) is 17.5 Å². The van der Waals surface area contributed by atoms with Crippen LogP contribution in [0.5, 0.6) is 0 Å². The monoisotopic (exact) mass is 406 g/mol. The fourth-order valence-electron chi connectivity index (χ4n) is 2.97. The van der Waals surface area contributed by atoms with Gasteiger partial charge in [0, 0.05) is 10.9 Å². The summed E-state index contributed by atoms with van der Waals surface area (Å²) in [6, 6.07) is 14.1. The standard InChI is InChI=1S/C22H19FN4OS/c1-14-3-7-17(8-4-14)19-13-29-22(25-19)27-15(2)24-12-20(27)26-21(28)11-16-5-9-18(23)10-6-16/h3-10,12-13H,11H2,1-2H3,(H,26,28). The fraction of sp³-hybridized carbons (Fsp3) is 0.136. The number of imidazole rings is 1. The van der Waals surface area contributed by atoms with Crippen LogP contribution in [0.2, 0.25) is 0 Å². The van der Waals surface area contributed by atoms with E-state index in [0.717, 1.165) is 27.8 Å². The molecule has 0 aliphatic heterocycles. The van der Waals surface area contributed by atoms with Crippen molar-refractivity contribution < 1.29 is 9.18 Å². The van der Waals surface area contributed by atoms with Gasteiger partial charge in [-0.15, -0.1) is 11.3 Å². The number of aryl methyl sites for hydroxylation is 2. The van der Waals surface area contributed by atoms with E-state index in [-0.39, 0.29) is 18.1 Å².